The van der Waals surface area contributed by atoms with E-state index >= 15 is 0 Å². The van der Waals surface area contributed by atoms with Crippen molar-refractivity contribution in [2.75, 3.05) is 0 Å². The molecule has 3 rings (SSSR count). The van der Waals surface area contributed by atoms with Crippen LogP contribution in [-0.2, 0) is 0 Å². The van der Waals surface area contributed by atoms with Crippen LogP contribution in [0.2, 0.25) is 0 Å². The molecule has 0 saturated heterocycles. The van der Waals surface area contributed by atoms with Crippen molar-refractivity contribution in [1.82, 2.24) is 0 Å². The number of rotatable bonds is 0. The largest absolute Gasteiger partial charge is 0.279 e. The molecule has 0 amide bonds. The molecular weight excluding hydrogens is 172 g/mol. The van der Waals surface area contributed by atoms with Gasteiger partial charge in [0.2, 0.25) is 5.78 Å². The van der Waals surface area contributed by atoms with Gasteiger partial charge in [0.1, 0.15) is 0 Å². The number of hydrogen-bond donors (Lipinski definition) is 0. The Hall–Kier alpha value is -1.81. The SMILES string of the molecule is O=C1C#CC(=C2CC2)c2ccccc21. The molecule has 1 aromatic rings. The second-order valence-corrected chi connectivity index (χ2v) is 3.60. The minimum Gasteiger partial charge on any atom is -0.279 e. The first kappa shape index (κ1) is 7.58. The number of Topliss-reactive ketones (excluding diaryl/α,β-unsaturated/α-hetero) is 1. The van der Waals surface area contributed by atoms with Gasteiger partial charge < -0.3 is 0 Å². The van der Waals surface area contributed by atoms with Crippen LogP contribution in [0.25, 0.3) is 5.57 Å². The minimum atomic E-state index is -0.0504. The molecule has 14 heavy (non-hydrogen) atoms. The molecule has 1 nitrogen and oxygen atoms in total. The maximum Gasteiger partial charge on any atom is 0.236 e. The topological polar surface area (TPSA) is 17.1 Å². The fraction of sp³-hybridized carbons (Fsp3) is 0.154. The predicted octanol–water partition coefficient (Wildman–Crippen LogP) is 2.43. The van der Waals surface area contributed by atoms with Crippen molar-refractivity contribution < 1.29 is 4.79 Å². The number of hydrogen-bond acceptors (Lipinski definition) is 1. The van der Waals surface area contributed by atoms with Crippen molar-refractivity contribution in [3.05, 3.63) is 41.0 Å². The quantitative estimate of drug-likeness (QED) is 0.442. The van der Waals surface area contributed by atoms with Crippen LogP contribution in [0.4, 0.5) is 0 Å². The van der Waals surface area contributed by atoms with E-state index in [0.29, 0.717) is 0 Å². The molecule has 0 spiro atoms. The number of ketones is 1. The molecule has 1 saturated carbocycles. The lowest BCUT2D eigenvalue weighted by atomic mass is 9.93. The van der Waals surface area contributed by atoms with Crippen molar-refractivity contribution in [3.8, 4) is 11.8 Å². The number of carbonyl (C=O) groups is 1. The monoisotopic (exact) mass is 180 g/mol. The van der Waals surface area contributed by atoms with Crippen molar-refractivity contribution >= 4 is 11.4 Å². The Balaban J connectivity index is 2.31. The van der Waals surface area contributed by atoms with Crippen LogP contribution in [0.3, 0.4) is 0 Å². The van der Waals surface area contributed by atoms with Crippen LogP contribution in [0.15, 0.2) is 29.8 Å². The van der Waals surface area contributed by atoms with Gasteiger partial charge in [-0.2, -0.15) is 0 Å². The fourth-order valence-corrected chi connectivity index (χ4v) is 1.74. The molecule has 0 heterocycles. The van der Waals surface area contributed by atoms with E-state index in [1.807, 2.05) is 24.3 Å². The van der Waals surface area contributed by atoms with Crippen molar-refractivity contribution in [3.63, 3.8) is 0 Å². The highest BCUT2D eigenvalue weighted by atomic mass is 16.1. The van der Waals surface area contributed by atoms with E-state index in [-0.39, 0.29) is 5.78 Å². The van der Waals surface area contributed by atoms with Crippen LogP contribution in [0.5, 0.6) is 0 Å². The first-order valence-electron chi connectivity index (χ1n) is 4.74. The Labute approximate surface area is 82.4 Å². The molecule has 1 heteroatoms. The third kappa shape index (κ3) is 1.01. The van der Waals surface area contributed by atoms with Gasteiger partial charge in [0.15, 0.2) is 0 Å². The van der Waals surface area contributed by atoms with E-state index in [0.717, 1.165) is 29.5 Å². The summed E-state index contributed by atoms with van der Waals surface area (Å²) >= 11 is 0. The molecule has 0 unspecified atom stereocenters. The van der Waals surface area contributed by atoms with Gasteiger partial charge in [-0.3, -0.25) is 4.79 Å². The van der Waals surface area contributed by atoms with E-state index in [1.54, 1.807) is 0 Å². The van der Waals surface area contributed by atoms with Crippen LogP contribution in [0.1, 0.15) is 28.8 Å². The van der Waals surface area contributed by atoms with Gasteiger partial charge in [0.05, 0.1) is 0 Å². The summed E-state index contributed by atoms with van der Waals surface area (Å²) in [5.41, 5.74) is 4.29. The highest BCUT2D eigenvalue weighted by molar-refractivity contribution is 6.17. The third-order valence-corrected chi connectivity index (χ3v) is 2.60. The number of carbonyl (C=O) groups excluding carboxylic acids is 1. The predicted molar refractivity (Wildman–Crippen MR) is 54.7 cm³/mol. The molecule has 2 aliphatic carbocycles. The van der Waals surface area contributed by atoms with E-state index in [1.165, 1.54) is 5.57 Å². The Morgan fingerprint density at radius 3 is 2.43 bits per heavy atom. The molecule has 1 aromatic carbocycles. The van der Waals surface area contributed by atoms with E-state index in [4.69, 9.17) is 0 Å². The maximum atomic E-state index is 11.5. The van der Waals surface area contributed by atoms with Crippen molar-refractivity contribution in [1.29, 1.82) is 0 Å². The zero-order valence-electron chi connectivity index (χ0n) is 7.63. The summed E-state index contributed by atoms with van der Waals surface area (Å²) in [6.45, 7) is 0. The number of fused-ring (bicyclic) bond motifs is 1. The van der Waals surface area contributed by atoms with Gasteiger partial charge in [-0.25, -0.2) is 0 Å². The van der Waals surface area contributed by atoms with Gasteiger partial charge in [-0.05, 0) is 24.8 Å². The Kier molecular flexibility index (Phi) is 1.40. The molecule has 66 valence electrons. The van der Waals surface area contributed by atoms with Crippen LogP contribution < -0.4 is 0 Å². The van der Waals surface area contributed by atoms with E-state index in [2.05, 4.69) is 11.8 Å². The van der Waals surface area contributed by atoms with Crippen LogP contribution in [-0.4, -0.2) is 5.78 Å². The van der Waals surface area contributed by atoms with Gasteiger partial charge in [-0.1, -0.05) is 29.7 Å². The van der Waals surface area contributed by atoms with Gasteiger partial charge >= 0.3 is 0 Å². The minimum absolute atomic E-state index is 0.0504. The van der Waals surface area contributed by atoms with Crippen molar-refractivity contribution in [2.24, 2.45) is 0 Å². The number of benzene rings is 1. The lowest BCUT2D eigenvalue weighted by Crippen LogP contribution is -2.04. The molecule has 1 fully saturated rings. The molecule has 0 bridgehead atoms. The first-order chi connectivity index (χ1) is 6.86. The highest BCUT2D eigenvalue weighted by Crippen LogP contribution is 2.38. The van der Waals surface area contributed by atoms with E-state index in [9.17, 15) is 4.79 Å². The summed E-state index contributed by atoms with van der Waals surface area (Å²) < 4.78 is 0. The molecular formula is C13H8O. The number of allylic oxidation sites excluding steroid dienone is 2. The zero-order chi connectivity index (χ0) is 9.54. The lowest BCUT2D eigenvalue weighted by Gasteiger charge is -2.08. The Morgan fingerprint density at radius 2 is 1.71 bits per heavy atom. The van der Waals surface area contributed by atoms with E-state index < -0.39 is 0 Å². The average Bonchev–Trinajstić information content (AvgIpc) is 3.03. The highest BCUT2D eigenvalue weighted by Gasteiger charge is 2.23. The van der Waals surface area contributed by atoms with Gasteiger partial charge in [0.25, 0.3) is 0 Å². The lowest BCUT2D eigenvalue weighted by molar-refractivity contribution is 0.105. The standard InChI is InChI=1S/C13H8O/c14-13-8-7-10(9-5-6-9)11-3-1-2-4-12(11)13/h1-4H,5-6H2. The van der Waals surface area contributed by atoms with Crippen LogP contribution >= 0.6 is 0 Å². The third-order valence-electron chi connectivity index (χ3n) is 2.60. The first-order valence-corrected chi connectivity index (χ1v) is 4.74. The maximum absolute atomic E-state index is 11.5. The average molecular weight is 180 g/mol. The molecule has 0 N–H and O–H groups in total. The summed E-state index contributed by atoms with van der Waals surface area (Å²) in [4.78, 5) is 11.5. The molecule has 0 atom stereocenters. The zero-order valence-corrected chi connectivity index (χ0v) is 7.63. The molecule has 2 aliphatic rings. The second-order valence-electron chi connectivity index (χ2n) is 3.60. The fourth-order valence-electron chi connectivity index (χ4n) is 1.74. The Bertz CT molecular complexity index is 518. The summed E-state index contributed by atoms with van der Waals surface area (Å²) in [5, 5.41) is 0. The second kappa shape index (κ2) is 2.59. The summed E-state index contributed by atoms with van der Waals surface area (Å²) in [5.74, 6) is 5.58. The van der Waals surface area contributed by atoms with Gasteiger partial charge in [0, 0.05) is 16.7 Å². The molecule has 0 radical (unpaired) electrons. The molecule has 0 aromatic heterocycles. The van der Waals surface area contributed by atoms with Gasteiger partial charge in [-0.15, -0.1) is 0 Å². The summed E-state index contributed by atoms with van der Waals surface area (Å²) in [6, 6.07) is 7.69. The summed E-state index contributed by atoms with van der Waals surface area (Å²) in [6.07, 6.45) is 2.29. The smallest absolute Gasteiger partial charge is 0.236 e. The summed E-state index contributed by atoms with van der Waals surface area (Å²) in [7, 11) is 0. The van der Waals surface area contributed by atoms with Crippen LogP contribution in [0, 0.1) is 11.8 Å². The Morgan fingerprint density at radius 1 is 1.00 bits per heavy atom. The molecule has 0 aliphatic heterocycles. The normalized spacial score (nSPS) is 17.3. The van der Waals surface area contributed by atoms with Crippen molar-refractivity contribution in [2.45, 2.75) is 12.8 Å².